The minimum absolute atomic E-state index is 0.284. The Hall–Kier alpha value is -1.23. The SMILES string of the molecule is COc1cccc2c1S(=O)(=O)C(C)CN2. The normalized spacial score (nSPS) is 22.7. The lowest BCUT2D eigenvalue weighted by atomic mass is 10.3. The van der Waals surface area contributed by atoms with Gasteiger partial charge in [-0.3, -0.25) is 0 Å². The second-order valence-corrected chi connectivity index (χ2v) is 5.88. The highest BCUT2D eigenvalue weighted by molar-refractivity contribution is 7.92. The van der Waals surface area contributed by atoms with E-state index < -0.39 is 15.1 Å². The Balaban J connectivity index is 2.71. The number of nitrogens with one attached hydrogen (secondary N) is 1. The zero-order valence-corrected chi connectivity index (χ0v) is 9.47. The van der Waals surface area contributed by atoms with E-state index in [-0.39, 0.29) is 4.90 Å². The lowest BCUT2D eigenvalue weighted by Crippen LogP contribution is -2.32. The maximum Gasteiger partial charge on any atom is 0.188 e. The minimum Gasteiger partial charge on any atom is -0.495 e. The lowest BCUT2D eigenvalue weighted by Gasteiger charge is -2.24. The van der Waals surface area contributed by atoms with Crippen molar-refractivity contribution in [1.82, 2.24) is 0 Å². The minimum atomic E-state index is -3.25. The topological polar surface area (TPSA) is 55.4 Å². The molecule has 2 rings (SSSR count). The predicted octanol–water partition coefficient (Wildman–Crippen LogP) is 1.28. The molecule has 15 heavy (non-hydrogen) atoms. The van der Waals surface area contributed by atoms with E-state index in [0.717, 1.165) is 0 Å². The Morgan fingerprint density at radius 1 is 1.47 bits per heavy atom. The number of fused-ring (bicyclic) bond motifs is 1. The van der Waals surface area contributed by atoms with Crippen molar-refractivity contribution in [2.45, 2.75) is 17.1 Å². The number of sulfone groups is 1. The van der Waals surface area contributed by atoms with Crippen LogP contribution < -0.4 is 10.1 Å². The number of anilines is 1. The van der Waals surface area contributed by atoms with Gasteiger partial charge in [0.15, 0.2) is 9.84 Å². The molecule has 1 heterocycles. The first-order chi connectivity index (χ1) is 7.07. The summed E-state index contributed by atoms with van der Waals surface area (Å²) < 4.78 is 29.2. The van der Waals surface area contributed by atoms with Crippen LogP contribution >= 0.6 is 0 Å². The largest absolute Gasteiger partial charge is 0.495 e. The second kappa shape index (κ2) is 3.41. The van der Waals surface area contributed by atoms with E-state index >= 15 is 0 Å². The summed E-state index contributed by atoms with van der Waals surface area (Å²) in [4.78, 5) is 0.284. The zero-order chi connectivity index (χ0) is 11.1. The molecule has 1 aromatic rings. The molecule has 0 saturated heterocycles. The third-order valence-electron chi connectivity index (χ3n) is 2.59. The molecule has 0 spiro atoms. The van der Waals surface area contributed by atoms with Gasteiger partial charge in [0.05, 0.1) is 18.0 Å². The van der Waals surface area contributed by atoms with Crippen molar-refractivity contribution < 1.29 is 13.2 Å². The standard InChI is InChI=1S/C10H13NO3S/c1-7-6-11-8-4-3-5-9(14-2)10(8)15(7,12)13/h3-5,7,11H,6H2,1-2H3. The van der Waals surface area contributed by atoms with Crippen molar-refractivity contribution in [3.63, 3.8) is 0 Å². The van der Waals surface area contributed by atoms with Crippen molar-refractivity contribution in [2.75, 3.05) is 19.0 Å². The molecule has 0 amide bonds. The van der Waals surface area contributed by atoms with E-state index in [1.165, 1.54) is 7.11 Å². The quantitative estimate of drug-likeness (QED) is 0.785. The van der Waals surface area contributed by atoms with Crippen LogP contribution in [-0.4, -0.2) is 27.3 Å². The summed E-state index contributed by atoms with van der Waals surface area (Å²) >= 11 is 0. The van der Waals surface area contributed by atoms with Crippen LogP contribution in [0.5, 0.6) is 5.75 Å². The average Bonchev–Trinajstić information content (AvgIpc) is 2.23. The summed E-state index contributed by atoms with van der Waals surface area (Å²) in [6, 6.07) is 5.19. The summed E-state index contributed by atoms with van der Waals surface area (Å²) in [5.74, 6) is 0.409. The molecule has 1 aliphatic heterocycles. The van der Waals surface area contributed by atoms with Gasteiger partial charge in [0.2, 0.25) is 0 Å². The van der Waals surface area contributed by atoms with Crippen molar-refractivity contribution >= 4 is 15.5 Å². The summed E-state index contributed by atoms with van der Waals surface area (Å²) in [6.45, 7) is 2.14. The van der Waals surface area contributed by atoms with Gasteiger partial charge in [-0.2, -0.15) is 0 Å². The molecule has 5 heteroatoms. The number of methoxy groups -OCH3 is 1. The average molecular weight is 227 g/mol. The maximum atomic E-state index is 12.1. The van der Waals surface area contributed by atoms with Gasteiger partial charge < -0.3 is 10.1 Å². The molecule has 1 aromatic carbocycles. The van der Waals surface area contributed by atoms with E-state index in [0.29, 0.717) is 18.0 Å². The van der Waals surface area contributed by atoms with Crippen LogP contribution in [0.1, 0.15) is 6.92 Å². The van der Waals surface area contributed by atoms with Crippen LogP contribution in [0.15, 0.2) is 23.1 Å². The molecule has 0 bridgehead atoms. The highest BCUT2D eigenvalue weighted by Crippen LogP contribution is 2.36. The van der Waals surface area contributed by atoms with Crippen LogP contribution in [0.2, 0.25) is 0 Å². The number of rotatable bonds is 1. The van der Waals surface area contributed by atoms with Crippen molar-refractivity contribution in [3.05, 3.63) is 18.2 Å². The molecule has 0 saturated carbocycles. The Kier molecular flexibility index (Phi) is 2.34. The summed E-state index contributed by atoms with van der Waals surface area (Å²) in [6.07, 6.45) is 0. The van der Waals surface area contributed by atoms with E-state index in [2.05, 4.69) is 5.32 Å². The first-order valence-corrected chi connectivity index (χ1v) is 6.27. The van der Waals surface area contributed by atoms with Crippen molar-refractivity contribution in [1.29, 1.82) is 0 Å². The molecule has 4 nitrogen and oxygen atoms in total. The molecule has 0 radical (unpaired) electrons. The third-order valence-corrected chi connectivity index (χ3v) is 4.81. The van der Waals surface area contributed by atoms with E-state index in [1.54, 1.807) is 25.1 Å². The molecule has 1 atom stereocenters. The highest BCUT2D eigenvalue weighted by Gasteiger charge is 2.33. The molecule has 0 aliphatic carbocycles. The zero-order valence-electron chi connectivity index (χ0n) is 8.65. The van der Waals surface area contributed by atoms with Crippen LogP contribution in [0.25, 0.3) is 0 Å². The first-order valence-electron chi connectivity index (χ1n) is 4.72. The van der Waals surface area contributed by atoms with E-state index in [9.17, 15) is 8.42 Å². The van der Waals surface area contributed by atoms with Gasteiger partial charge in [0.1, 0.15) is 10.6 Å². The third kappa shape index (κ3) is 1.47. The summed E-state index contributed by atoms with van der Waals surface area (Å²) in [7, 11) is -1.77. The van der Waals surface area contributed by atoms with Gasteiger partial charge in [-0.25, -0.2) is 8.42 Å². The van der Waals surface area contributed by atoms with Gasteiger partial charge >= 0.3 is 0 Å². The Labute approximate surface area is 89.2 Å². The van der Waals surface area contributed by atoms with Gasteiger partial charge in [-0.15, -0.1) is 0 Å². The highest BCUT2D eigenvalue weighted by atomic mass is 32.2. The Morgan fingerprint density at radius 2 is 2.20 bits per heavy atom. The van der Waals surface area contributed by atoms with Gasteiger partial charge in [0.25, 0.3) is 0 Å². The van der Waals surface area contributed by atoms with Gasteiger partial charge in [-0.1, -0.05) is 6.07 Å². The van der Waals surface area contributed by atoms with Gasteiger partial charge in [0, 0.05) is 6.54 Å². The molecule has 0 fully saturated rings. The maximum absolute atomic E-state index is 12.1. The fourth-order valence-electron chi connectivity index (χ4n) is 1.67. The van der Waals surface area contributed by atoms with Crippen LogP contribution in [-0.2, 0) is 9.84 Å². The molecule has 1 unspecified atom stereocenters. The van der Waals surface area contributed by atoms with E-state index in [4.69, 9.17) is 4.74 Å². The summed E-state index contributed by atoms with van der Waals surface area (Å²) in [5.41, 5.74) is 0.632. The molecular weight excluding hydrogens is 214 g/mol. The first kappa shape index (κ1) is 10.3. The van der Waals surface area contributed by atoms with Crippen LogP contribution in [0, 0.1) is 0 Å². The van der Waals surface area contributed by atoms with Crippen molar-refractivity contribution in [2.24, 2.45) is 0 Å². The monoisotopic (exact) mass is 227 g/mol. The number of ether oxygens (including phenoxy) is 1. The van der Waals surface area contributed by atoms with Crippen LogP contribution in [0.4, 0.5) is 5.69 Å². The van der Waals surface area contributed by atoms with E-state index in [1.807, 2.05) is 0 Å². The number of hydrogen-bond donors (Lipinski definition) is 1. The molecule has 82 valence electrons. The number of hydrogen-bond acceptors (Lipinski definition) is 4. The fraction of sp³-hybridized carbons (Fsp3) is 0.400. The van der Waals surface area contributed by atoms with Crippen LogP contribution in [0.3, 0.4) is 0 Å². The Bertz CT molecular complexity index is 467. The molecule has 0 aromatic heterocycles. The molecular formula is C10H13NO3S. The number of benzene rings is 1. The Morgan fingerprint density at radius 3 is 2.87 bits per heavy atom. The fourth-order valence-corrected chi connectivity index (χ4v) is 3.26. The van der Waals surface area contributed by atoms with Crippen molar-refractivity contribution in [3.8, 4) is 5.75 Å². The van der Waals surface area contributed by atoms with Gasteiger partial charge in [-0.05, 0) is 19.1 Å². The second-order valence-electron chi connectivity index (χ2n) is 3.57. The predicted molar refractivity (Wildman–Crippen MR) is 58.1 cm³/mol. The smallest absolute Gasteiger partial charge is 0.188 e. The lowest BCUT2D eigenvalue weighted by molar-refractivity contribution is 0.402. The summed E-state index contributed by atoms with van der Waals surface area (Å²) in [5, 5.41) is 2.67. The molecule has 1 aliphatic rings. The molecule has 1 N–H and O–H groups in total.